The fraction of sp³-hybridized carbons (Fsp3) is 0.312. The Morgan fingerprint density at radius 1 is 1.32 bits per heavy atom. The maximum atomic E-state index is 13.0. The molecule has 1 atom stereocenters. The SMILES string of the molecule is NC(=O)C1(c2cnccn2)CCCN1Cc1ccc(F)cc1. The van der Waals surface area contributed by atoms with Crippen molar-refractivity contribution in [2.45, 2.75) is 24.9 Å². The summed E-state index contributed by atoms with van der Waals surface area (Å²) in [6.07, 6.45) is 6.18. The Morgan fingerprint density at radius 3 is 2.73 bits per heavy atom. The topological polar surface area (TPSA) is 72.1 Å². The van der Waals surface area contributed by atoms with E-state index in [4.69, 9.17) is 5.73 Å². The standard InChI is InChI=1S/C16H17FN4O/c17-13-4-2-12(3-5-13)11-21-9-1-6-16(21,15(18)22)14-10-19-7-8-20-14/h2-5,7-8,10H,1,6,9,11H2,(H2,18,22). The number of amides is 1. The number of carbonyl (C=O) groups is 1. The van der Waals surface area contributed by atoms with Crippen molar-refractivity contribution in [2.75, 3.05) is 6.54 Å². The highest BCUT2D eigenvalue weighted by molar-refractivity contribution is 5.86. The van der Waals surface area contributed by atoms with Crippen LogP contribution in [0.3, 0.4) is 0 Å². The molecule has 1 aromatic heterocycles. The first kappa shape index (κ1) is 14.6. The lowest BCUT2D eigenvalue weighted by molar-refractivity contribution is -0.129. The van der Waals surface area contributed by atoms with Crippen molar-refractivity contribution in [3.05, 3.63) is 59.9 Å². The van der Waals surface area contributed by atoms with Crippen LogP contribution in [0.15, 0.2) is 42.9 Å². The summed E-state index contributed by atoms with van der Waals surface area (Å²) in [7, 11) is 0. The van der Waals surface area contributed by atoms with E-state index in [2.05, 4.69) is 9.97 Å². The van der Waals surface area contributed by atoms with Gasteiger partial charge in [-0.1, -0.05) is 12.1 Å². The molecule has 2 N–H and O–H groups in total. The molecule has 1 aliphatic heterocycles. The normalized spacial score (nSPS) is 21.9. The number of nitrogens with two attached hydrogens (primary N) is 1. The third-order valence-corrected chi connectivity index (χ3v) is 4.19. The monoisotopic (exact) mass is 300 g/mol. The molecule has 6 heteroatoms. The Morgan fingerprint density at radius 2 is 2.09 bits per heavy atom. The summed E-state index contributed by atoms with van der Waals surface area (Å²) in [5.41, 5.74) is 6.28. The van der Waals surface area contributed by atoms with Gasteiger partial charge in [0, 0.05) is 18.9 Å². The first-order valence-electron chi connectivity index (χ1n) is 7.19. The summed E-state index contributed by atoms with van der Waals surface area (Å²) in [5, 5.41) is 0. The van der Waals surface area contributed by atoms with Crippen LogP contribution in [0.1, 0.15) is 24.1 Å². The van der Waals surface area contributed by atoms with Crippen molar-refractivity contribution < 1.29 is 9.18 Å². The van der Waals surface area contributed by atoms with E-state index in [0.29, 0.717) is 18.7 Å². The maximum Gasteiger partial charge on any atom is 0.244 e. The molecular weight excluding hydrogens is 283 g/mol. The van der Waals surface area contributed by atoms with Gasteiger partial charge in [0.05, 0.1) is 11.9 Å². The van der Waals surface area contributed by atoms with E-state index in [9.17, 15) is 9.18 Å². The highest BCUT2D eigenvalue weighted by Crippen LogP contribution is 2.38. The summed E-state index contributed by atoms with van der Waals surface area (Å²) >= 11 is 0. The smallest absolute Gasteiger partial charge is 0.244 e. The van der Waals surface area contributed by atoms with Gasteiger partial charge in [-0.25, -0.2) is 4.39 Å². The lowest BCUT2D eigenvalue weighted by Crippen LogP contribution is -2.51. The van der Waals surface area contributed by atoms with E-state index in [1.54, 1.807) is 30.7 Å². The summed E-state index contributed by atoms with van der Waals surface area (Å²) in [6.45, 7) is 1.25. The third kappa shape index (κ3) is 2.46. The van der Waals surface area contributed by atoms with Gasteiger partial charge >= 0.3 is 0 Å². The number of hydrogen-bond donors (Lipinski definition) is 1. The second kappa shape index (κ2) is 5.81. The van der Waals surface area contributed by atoms with Crippen LogP contribution in [0.25, 0.3) is 0 Å². The molecule has 1 aromatic carbocycles. The Labute approximate surface area is 128 Å². The highest BCUT2D eigenvalue weighted by Gasteiger charge is 2.48. The van der Waals surface area contributed by atoms with Crippen molar-refractivity contribution >= 4 is 5.91 Å². The molecule has 2 heterocycles. The first-order chi connectivity index (χ1) is 10.6. The van der Waals surface area contributed by atoms with Gasteiger partial charge in [0.1, 0.15) is 11.4 Å². The zero-order chi connectivity index (χ0) is 15.6. The molecule has 2 aromatic rings. The molecule has 1 saturated heterocycles. The summed E-state index contributed by atoms with van der Waals surface area (Å²) in [5.74, 6) is -0.701. The second-order valence-corrected chi connectivity index (χ2v) is 5.47. The van der Waals surface area contributed by atoms with Crippen LogP contribution < -0.4 is 5.73 Å². The molecule has 0 bridgehead atoms. The number of primary amides is 1. The highest BCUT2D eigenvalue weighted by atomic mass is 19.1. The number of carbonyl (C=O) groups excluding carboxylic acids is 1. The molecule has 0 radical (unpaired) electrons. The molecule has 1 aliphatic rings. The first-order valence-corrected chi connectivity index (χ1v) is 7.19. The van der Waals surface area contributed by atoms with E-state index < -0.39 is 11.4 Å². The van der Waals surface area contributed by atoms with Crippen LogP contribution >= 0.6 is 0 Å². The quantitative estimate of drug-likeness (QED) is 0.930. The predicted octanol–water partition coefficient (Wildman–Crippen LogP) is 1.59. The summed E-state index contributed by atoms with van der Waals surface area (Å²) in [4.78, 5) is 22.6. The largest absolute Gasteiger partial charge is 0.368 e. The van der Waals surface area contributed by atoms with E-state index in [-0.39, 0.29) is 5.82 Å². The fourth-order valence-electron chi connectivity index (χ4n) is 3.11. The molecule has 114 valence electrons. The van der Waals surface area contributed by atoms with Crippen molar-refractivity contribution in [3.63, 3.8) is 0 Å². The van der Waals surface area contributed by atoms with E-state index in [1.807, 2.05) is 4.90 Å². The third-order valence-electron chi connectivity index (χ3n) is 4.19. The van der Waals surface area contributed by atoms with Gasteiger partial charge in [-0.05, 0) is 37.1 Å². The Kier molecular flexibility index (Phi) is 3.85. The predicted molar refractivity (Wildman–Crippen MR) is 78.9 cm³/mol. The zero-order valence-corrected chi connectivity index (χ0v) is 12.1. The second-order valence-electron chi connectivity index (χ2n) is 5.47. The van der Waals surface area contributed by atoms with Gasteiger partial charge in [-0.3, -0.25) is 19.7 Å². The van der Waals surface area contributed by atoms with Crippen LogP contribution in [0.5, 0.6) is 0 Å². The molecule has 3 rings (SSSR count). The zero-order valence-electron chi connectivity index (χ0n) is 12.1. The molecule has 1 fully saturated rings. The Balaban J connectivity index is 1.95. The number of hydrogen-bond acceptors (Lipinski definition) is 4. The lowest BCUT2D eigenvalue weighted by atomic mass is 9.91. The van der Waals surface area contributed by atoms with E-state index in [0.717, 1.165) is 18.5 Å². The van der Waals surface area contributed by atoms with Crippen LogP contribution in [-0.4, -0.2) is 27.3 Å². The maximum absolute atomic E-state index is 13.0. The van der Waals surface area contributed by atoms with Crippen LogP contribution in [0, 0.1) is 5.82 Å². The number of halogens is 1. The van der Waals surface area contributed by atoms with Gasteiger partial charge < -0.3 is 5.73 Å². The van der Waals surface area contributed by atoms with Crippen molar-refractivity contribution in [2.24, 2.45) is 5.73 Å². The number of likely N-dealkylation sites (tertiary alicyclic amines) is 1. The van der Waals surface area contributed by atoms with E-state index in [1.165, 1.54) is 12.1 Å². The Bertz CT molecular complexity index is 662. The molecule has 0 spiro atoms. The molecule has 0 saturated carbocycles. The van der Waals surface area contributed by atoms with Gasteiger partial charge in [-0.2, -0.15) is 0 Å². The molecule has 1 unspecified atom stereocenters. The lowest BCUT2D eigenvalue weighted by Gasteiger charge is -2.35. The van der Waals surface area contributed by atoms with Gasteiger partial charge in [0.15, 0.2) is 0 Å². The number of aromatic nitrogens is 2. The Hall–Kier alpha value is -2.34. The van der Waals surface area contributed by atoms with Crippen molar-refractivity contribution in [3.8, 4) is 0 Å². The minimum absolute atomic E-state index is 0.278. The molecular formula is C16H17FN4O. The average Bonchev–Trinajstić information content (AvgIpc) is 2.95. The summed E-state index contributed by atoms with van der Waals surface area (Å²) < 4.78 is 13.0. The van der Waals surface area contributed by atoms with Gasteiger partial charge in [0.25, 0.3) is 0 Å². The van der Waals surface area contributed by atoms with Gasteiger partial charge in [-0.15, -0.1) is 0 Å². The van der Waals surface area contributed by atoms with Crippen LogP contribution in [0.4, 0.5) is 4.39 Å². The number of benzene rings is 1. The summed E-state index contributed by atoms with van der Waals surface area (Å²) in [6, 6.07) is 6.27. The van der Waals surface area contributed by atoms with Crippen LogP contribution in [-0.2, 0) is 16.9 Å². The molecule has 22 heavy (non-hydrogen) atoms. The molecule has 5 nitrogen and oxygen atoms in total. The van der Waals surface area contributed by atoms with Crippen molar-refractivity contribution in [1.29, 1.82) is 0 Å². The van der Waals surface area contributed by atoms with Crippen molar-refractivity contribution in [1.82, 2.24) is 14.9 Å². The number of rotatable bonds is 4. The molecule has 1 amide bonds. The minimum Gasteiger partial charge on any atom is -0.368 e. The van der Waals surface area contributed by atoms with Gasteiger partial charge in [0.2, 0.25) is 5.91 Å². The van der Waals surface area contributed by atoms with Crippen LogP contribution in [0.2, 0.25) is 0 Å². The minimum atomic E-state index is -0.942. The average molecular weight is 300 g/mol. The number of nitrogens with zero attached hydrogens (tertiary/aromatic N) is 3. The van der Waals surface area contributed by atoms with E-state index >= 15 is 0 Å². The fourth-order valence-corrected chi connectivity index (χ4v) is 3.11. The molecule has 0 aliphatic carbocycles.